The van der Waals surface area contributed by atoms with Crippen molar-refractivity contribution < 1.29 is 26.0 Å². The lowest BCUT2D eigenvalue weighted by atomic mass is 10.1. The molecule has 0 spiro atoms. The number of sulfonamides is 1. The maximum absolute atomic E-state index is 13.2. The molecule has 2 rings (SSSR count). The van der Waals surface area contributed by atoms with E-state index in [9.17, 15) is 26.0 Å². The van der Waals surface area contributed by atoms with Gasteiger partial charge in [-0.15, -0.1) is 0 Å². The van der Waals surface area contributed by atoms with E-state index in [0.29, 0.717) is 11.6 Å². The van der Waals surface area contributed by atoms with Crippen LogP contribution in [0.3, 0.4) is 0 Å². The molecule has 0 aliphatic rings. The molecule has 0 atom stereocenters. The molecule has 0 saturated heterocycles. The van der Waals surface area contributed by atoms with Crippen LogP contribution in [-0.4, -0.2) is 21.4 Å². The van der Waals surface area contributed by atoms with Crippen LogP contribution in [0.4, 0.5) is 17.6 Å². The van der Waals surface area contributed by atoms with Crippen LogP contribution >= 0.6 is 0 Å². The third kappa shape index (κ3) is 5.92. The third-order valence-electron chi connectivity index (χ3n) is 3.76. The zero-order chi connectivity index (χ0) is 20.9. The summed E-state index contributed by atoms with van der Waals surface area (Å²) in [5, 5.41) is 10.6. The molecule has 6 nitrogen and oxygen atoms in total. The average molecular weight is 418 g/mol. The maximum Gasteiger partial charge on any atom is 0.416 e. The minimum absolute atomic E-state index is 0.0326. The van der Waals surface area contributed by atoms with Crippen molar-refractivity contribution >= 4 is 16.0 Å². The van der Waals surface area contributed by atoms with Crippen LogP contribution in [-0.2, 0) is 29.3 Å². The Morgan fingerprint density at radius 2 is 1.68 bits per heavy atom. The maximum atomic E-state index is 13.2. The molecule has 0 aliphatic heterocycles. The van der Waals surface area contributed by atoms with E-state index in [4.69, 9.17) is 5.14 Å². The molecule has 0 heterocycles. The summed E-state index contributed by atoms with van der Waals surface area (Å²) in [7, 11) is -2.35. The molecule has 0 fully saturated rings. The Balaban J connectivity index is 2.01. The van der Waals surface area contributed by atoms with Crippen molar-refractivity contribution in [1.82, 2.24) is 10.6 Å². The number of rotatable bonds is 5. The largest absolute Gasteiger partial charge is 0.416 e. The first-order valence-electron chi connectivity index (χ1n) is 7.92. The molecule has 0 amide bonds. The Labute approximate surface area is 159 Å². The highest BCUT2D eigenvalue weighted by atomic mass is 32.2. The molecule has 11 heteroatoms. The monoisotopic (exact) mass is 418 g/mol. The van der Waals surface area contributed by atoms with Gasteiger partial charge in [0.05, 0.1) is 10.5 Å². The molecular formula is C17H18F4N4O2S. The highest BCUT2D eigenvalue weighted by Gasteiger charge is 2.33. The number of alkyl halides is 3. The lowest BCUT2D eigenvalue weighted by molar-refractivity contribution is -0.138. The number of guanidine groups is 1. The summed E-state index contributed by atoms with van der Waals surface area (Å²) in [4.78, 5) is 3.87. The first kappa shape index (κ1) is 21.6. The normalized spacial score (nSPS) is 12.7. The lowest BCUT2D eigenvalue weighted by Crippen LogP contribution is -2.36. The van der Waals surface area contributed by atoms with Crippen LogP contribution in [0.15, 0.2) is 52.4 Å². The van der Waals surface area contributed by atoms with Gasteiger partial charge in [-0.2, -0.15) is 13.2 Å². The number of benzene rings is 2. The number of nitrogens with one attached hydrogen (secondary N) is 2. The summed E-state index contributed by atoms with van der Waals surface area (Å²) in [5.74, 6) is -0.755. The van der Waals surface area contributed by atoms with Gasteiger partial charge in [0.15, 0.2) is 5.96 Å². The minimum Gasteiger partial charge on any atom is -0.352 e. The molecule has 0 saturated carbocycles. The number of halogens is 4. The highest BCUT2D eigenvalue weighted by Crippen LogP contribution is 2.32. The number of nitrogens with zero attached hydrogens (tertiary/aromatic N) is 1. The van der Waals surface area contributed by atoms with Crippen molar-refractivity contribution in [1.29, 1.82) is 0 Å². The molecular weight excluding hydrogens is 400 g/mol. The van der Waals surface area contributed by atoms with Gasteiger partial charge < -0.3 is 10.6 Å². The van der Waals surface area contributed by atoms with E-state index in [1.807, 2.05) is 0 Å². The average Bonchev–Trinajstić information content (AvgIpc) is 2.61. The first-order valence-corrected chi connectivity index (χ1v) is 9.47. The van der Waals surface area contributed by atoms with Crippen molar-refractivity contribution in [2.45, 2.75) is 24.2 Å². The topological polar surface area (TPSA) is 96.6 Å². The molecule has 2 aromatic carbocycles. The van der Waals surface area contributed by atoms with Crippen molar-refractivity contribution in [3.8, 4) is 0 Å². The molecule has 2 aromatic rings. The van der Waals surface area contributed by atoms with Gasteiger partial charge in [0.2, 0.25) is 10.0 Å². The Bertz CT molecular complexity index is 958. The van der Waals surface area contributed by atoms with Gasteiger partial charge in [-0.1, -0.05) is 18.2 Å². The van der Waals surface area contributed by atoms with Crippen molar-refractivity contribution in [2.24, 2.45) is 10.1 Å². The van der Waals surface area contributed by atoms with Crippen LogP contribution in [0.5, 0.6) is 0 Å². The lowest BCUT2D eigenvalue weighted by Gasteiger charge is -2.16. The van der Waals surface area contributed by atoms with Gasteiger partial charge >= 0.3 is 6.18 Å². The van der Waals surface area contributed by atoms with E-state index in [1.54, 1.807) is 12.1 Å². The van der Waals surface area contributed by atoms with E-state index in [2.05, 4.69) is 15.6 Å². The zero-order valence-corrected chi connectivity index (χ0v) is 15.5. The molecule has 28 heavy (non-hydrogen) atoms. The predicted molar refractivity (Wildman–Crippen MR) is 96.3 cm³/mol. The van der Waals surface area contributed by atoms with E-state index in [1.165, 1.54) is 19.2 Å². The first-order chi connectivity index (χ1) is 13.0. The summed E-state index contributed by atoms with van der Waals surface area (Å²) in [6.07, 6.45) is -4.68. The minimum atomic E-state index is -4.68. The molecule has 0 bridgehead atoms. The summed E-state index contributed by atoms with van der Waals surface area (Å²) >= 11 is 0. The standard InChI is InChI=1S/C17H18F4N4O2S/c1-23-16(24-9-11-2-6-14(7-3-11)28(22,26)27)25-10-12-4-5-13(18)8-15(12)17(19,20)21/h2-8H,9-10H2,1H3,(H2,22,26,27)(H2,23,24,25). The quantitative estimate of drug-likeness (QED) is 0.395. The van der Waals surface area contributed by atoms with Gasteiger partial charge in [0.25, 0.3) is 0 Å². The van der Waals surface area contributed by atoms with Crippen molar-refractivity contribution in [3.05, 3.63) is 65.0 Å². The van der Waals surface area contributed by atoms with Crippen LogP contribution in [0.25, 0.3) is 0 Å². The fourth-order valence-electron chi connectivity index (χ4n) is 2.35. The van der Waals surface area contributed by atoms with Crippen LogP contribution in [0.2, 0.25) is 0 Å². The van der Waals surface area contributed by atoms with E-state index < -0.39 is 27.6 Å². The molecule has 0 aliphatic carbocycles. The third-order valence-corrected chi connectivity index (χ3v) is 4.69. The van der Waals surface area contributed by atoms with E-state index in [-0.39, 0.29) is 29.5 Å². The summed E-state index contributed by atoms with van der Waals surface area (Å²) < 4.78 is 74.7. The number of nitrogens with two attached hydrogens (primary N) is 1. The Morgan fingerprint density at radius 1 is 1.07 bits per heavy atom. The zero-order valence-electron chi connectivity index (χ0n) is 14.7. The van der Waals surface area contributed by atoms with Gasteiger partial charge in [-0.05, 0) is 35.4 Å². The van der Waals surface area contributed by atoms with Crippen LogP contribution in [0, 0.1) is 5.82 Å². The fourth-order valence-corrected chi connectivity index (χ4v) is 2.86. The second-order valence-electron chi connectivity index (χ2n) is 5.77. The molecule has 0 unspecified atom stereocenters. The van der Waals surface area contributed by atoms with Crippen LogP contribution in [0.1, 0.15) is 16.7 Å². The summed E-state index contributed by atoms with van der Waals surface area (Å²) in [6, 6.07) is 8.23. The highest BCUT2D eigenvalue weighted by molar-refractivity contribution is 7.89. The number of aliphatic imine (C=N–C) groups is 1. The summed E-state index contributed by atoms with van der Waals surface area (Å²) in [5.41, 5.74) is -0.489. The number of hydrogen-bond acceptors (Lipinski definition) is 3. The van der Waals surface area contributed by atoms with Crippen molar-refractivity contribution in [3.63, 3.8) is 0 Å². The molecule has 0 radical (unpaired) electrons. The van der Waals surface area contributed by atoms with Crippen LogP contribution < -0.4 is 15.8 Å². The second kappa shape index (κ2) is 8.57. The second-order valence-corrected chi connectivity index (χ2v) is 7.33. The van der Waals surface area contributed by atoms with Gasteiger partial charge in [-0.3, -0.25) is 4.99 Å². The Morgan fingerprint density at radius 3 is 2.21 bits per heavy atom. The predicted octanol–water partition coefficient (Wildman–Crippen LogP) is 2.36. The SMILES string of the molecule is CN=C(NCc1ccc(S(N)(=O)=O)cc1)NCc1ccc(F)cc1C(F)(F)F. The number of primary sulfonamides is 1. The summed E-state index contributed by atoms with van der Waals surface area (Å²) in [6.45, 7) is 0.0132. The number of hydrogen-bond donors (Lipinski definition) is 3. The van der Waals surface area contributed by atoms with Gasteiger partial charge in [0.1, 0.15) is 5.82 Å². The molecule has 0 aromatic heterocycles. The van der Waals surface area contributed by atoms with E-state index in [0.717, 1.165) is 12.1 Å². The van der Waals surface area contributed by atoms with Gasteiger partial charge in [0, 0.05) is 20.1 Å². The molecule has 152 valence electrons. The molecule has 4 N–H and O–H groups in total. The van der Waals surface area contributed by atoms with Gasteiger partial charge in [-0.25, -0.2) is 17.9 Å². The van der Waals surface area contributed by atoms with E-state index >= 15 is 0 Å². The van der Waals surface area contributed by atoms with Crippen molar-refractivity contribution in [2.75, 3.05) is 7.05 Å². The fraction of sp³-hybridized carbons (Fsp3) is 0.235. The Kier molecular flexibility index (Phi) is 6.62. The smallest absolute Gasteiger partial charge is 0.352 e. The Hall–Kier alpha value is -2.66.